The van der Waals surface area contributed by atoms with Gasteiger partial charge < -0.3 is 14.6 Å². The van der Waals surface area contributed by atoms with E-state index in [0.717, 1.165) is 16.7 Å². The highest BCUT2D eigenvalue weighted by molar-refractivity contribution is 7.84. The number of rotatable bonds is 4. The molecule has 1 atom stereocenters. The Morgan fingerprint density at radius 2 is 1.96 bits per heavy atom. The zero-order valence-corrected chi connectivity index (χ0v) is 14.3. The molecule has 0 saturated carbocycles. The van der Waals surface area contributed by atoms with E-state index in [1.54, 1.807) is 37.6 Å². The van der Waals surface area contributed by atoms with E-state index < -0.39 is 10.8 Å². The van der Waals surface area contributed by atoms with Gasteiger partial charge in [0.05, 0.1) is 6.54 Å². The van der Waals surface area contributed by atoms with Crippen LogP contribution in [0.3, 0.4) is 0 Å². The van der Waals surface area contributed by atoms with Crippen LogP contribution in [0.25, 0.3) is 11.0 Å². The van der Waals surface area contributed by atoms with E-state index in [0.29, 0.717) is 17.1 Å². The minimum atomic E-state index is -1.09. The molecule has 1 heterocycles. The van der Waals surface area contributed by atoms with Crippen molar-refractivity contribution in [2.75, 3.05) is 18.6 Å². The molecule has 124 valence electrons. The molecule has 0 spiro atoms. The normalized spacial score (nSPS) is 12.1. The van der Waals surface area contributed by atoms with Crippen molar-refractivity contribution in [3.8, 4) is 0 Å². The van der Waals surface area contributed by atoms with Crippen molar-refractivity contribution in [3.05, 3.63) is 60.4 Å². The first kappa shape index (κ1) is 16.3. The van der Waals surface area contributed by atoms with Crippen LogP contribution in [-0.4, -0.2) is 28.4 Å². The summed E-state index contributed by atoms with van der Waals surface area (Å²) < 4.78 is 17.2. The SMILES string of the molecule is CN(Cc1cc2ccccc2o1)C(=O)Nc1cccc([S@@](C)=O)c1. The van der Waals surface area contributed by atoms with Crippen molar-refractivity contribution < 1.29 is 13.4 Å². The van der Waals surface area contributed by atoms with Crippen LogP contribution < -0.4 is 5.32 Å². The molecule has 0 radical (unpaired) electrons. The molecule has 0 aliphatic heterocycles. The topological polar surface area (TPSA) is 62.6 Å². The average Bonchev–Trinajstić information content (AvgIpc) is 2.97. The number of amides is 2. The fourth-order valence-corrected chi connectivity index (χ4v) is 2.96. The third-order valence-electron chi connectivity index (χ3n) is 3.63. The Morgan fingerprint density at radius 3 is 2.71 bits per heavy atom. The summed E-state index contributed by atoms with van der Waals surface area (Å²) in [6, 6.07) is 16.4. The second-order valence-corrected chi connectivity index (χ2v) is 6.90. The monoisotopic (exact) mass is 342 g/mol. The molecule has 3 rings (SSSR count). The zero-order valence-electron chi connectivity index (χ0n) is 13.5. The Labute approximate surface area is 142 Å². The van der Waals surface area contributed by atoms with Crippen molar-refractivity contribution in [2.45, 2.75) is 11.4 Å². The van der Waals surface area contributed by atoms with Crippen molar-refractivity contribution >= 4 is 33.5 Å². The second kappa shape index (κ2) is 6.88. The minimum absolute atomic E-state index is 0.255. The van der Waals surface area contributed by atoms with Crippen LogP contribution in [0.2, 0.25) is 0 Å². The highest BCUT2D eigenvalue weighted by Crippen LogP contribution is 2.20. The van der Waals surface area contributed by atoms with Gasteiger partial charge in [0.15, 0.2) is 0 Å². The number of carbonyl (C=O) groups excluding carboxylic acids is 1. The molecule has 0 unspecified atom stereocenters. The van der Waals surface area contributed by atoms with Gasteiger partial charge in [-0.1, -0.05) is 24.3 Å². The average molecular weight is 342 g/mol. The number of nitrogens with one attached hydrogen (secondary N) is 1. The number of para-hydroxylation sites is 1. The van der Waals surface area contributed by atoms with Gasteiger partial charge in [0.1, 0.15) is 11.3 Å². The maximum absolute atomic E-state index is 12.3. The maximum Gasteiger partial charge on any atom is 0.321 e. The maximum atomic E-state index is 12.3. The Hall–Kier alpha value is -2.60. The molecule has 6 heteroatoms. The summed E-state index contributed by atoms with van der Waals surface area (Å²) in [6.45, 7) is 0.361. The Balaban J connectivity index is 1.68. The van der Waals surface area contributed by atoms with Crippen LogP contribution in [0.15, 0.2) is 63.9 Å². The molecule has 0 bridgehead atoms. The number of hydrogen-bond donors (Lipinski definition) is 1. The number of nitrogens with zero attached hydrogens (tertiary/aromatic N) is 1. The predicted molar refractivity (Wildman–Crippen MR) is 95.5 cm³/mol. The lowest BCUT2D eigenvalue weighted by Gasteiger charge is -2.16. The van der Waals surface area contributed by atoms with E-state index in [1.807, 2.05) is 30.3 Å². The van der Waals surface area contributed by atoms with Crippen LogP contribution in [0.4, 0.5) is 10.5 Å². The summed E-state index contributed by atoms with van der Waals surface area (Å²) in [7, 11) is 0.614. The van der Waals surface area contributed by atoms with E-state index in [4.69, 9.17) is 4.42 Å². The van der Waals surface area contributed by atoms with Crippen molar-refractivity contribution in [1.29, 1.82) is 0 Å². The molecule has 2 amide bonds. The number of benzene rings is 2. The Morgan fingerprint density at radius 1 is 1.17 bits per heavy atom. The third-order valence-corrected chi connectivity index (χ3v) is 4.55. The molecule has 0 aliphatic carbocycles. The van der Waals surface area contributed by atoms with Crippen molar-refractivity contribution in [1.82, 2.24) is 4.90 Å². The summed E-state index contributed by atoms with van der Waals surface area (Å²) in [5.74, 6) is 0.720. The van der Waals surface area contributed by atoms with Gasteiger partial charge in [-0.15, -0.1) is 0 Å². The van der Waals surface area contributed by atoms with E-state index in [9.17, 15) is 9.00 Å². The predicted octanol–water partition coefficient (Wildman–Crippen LogP) is 3.83. The van der Waals surface area contributed by atoms with Crippen LogP contribution in [0, 0.1) is 0 Å². The smallest absolute Gasteiger partial charge is 0.321 e. The van der Waals surface area contributed by atoms with Gasteiger partial charge in [-0.25, -0.2) is 4.79 Å². The zero-order chi connectivity index (χ0) is 17.1. The molecule has 1 N–H and O–H groups in total. The molecule has 0 saturated heterocycles. The Bertz CT molecular complexity index is 871. The number of urea groups is 1. The molecular formula is C18H18N2O3S. The molecule has 0 aliphatic rings. The molecule has 5 nitrogen and oxygen atoms in total. The van der Waals surface area contributed by atoms with E-state index in [-0.39, 0.29) is 6.03 Å². The van der Waals surface area contributed by atoms with E-state index in [2.05, 4.69) is 5.32 Å². The van der Waals surface area contributed by atoms with Crippen LogP contribution in [0.5, 0.6) is 0 Å². The number of furan rings is 1. The standard InChI is InChI=1S/C18H18N2O3S/c1-20(12-15-10-13-6-3-4-9-17(13)23-15)18(21)19-14-7-5-8-16(11-14)24(2)22/h3-11H,12H2,1-2H3,(H,19,21)/t24-/m1/s1. The number of hydrogen-bond acceptors (Lipinski definition) is 3. The first-order chi connectivity index (χ1) is 11.5. The fourth-order valence-electron chi connectivity index (χ4n) is 2.39. The highest BCUT2D eigenvalue weighted by atomic mass is 32.2. The molecule has 2 aromatic carbocycles. The third kappa shape index (κ3) is 3.65. The summed E-state index contributed by atoms with van der Waals surface area (Å²) >= 11 is 0. The van der Waals surface area contributed by atoms with Crippen LogP contribution >= 0.6 is 0 Å². The number of carbonyl (C=O) groups is 1. The lowest BCUT2D eigenvalue weighted by molar-refractivity contribution is 0.217. The lowest BCUT2D eigenvalue weighted by Crippen LogP contribution is -2.30. The Kier molecular flexibility index (Phi) is 4.66. The van der Waals surface area contributed by atoms with Gasteiger partial charge in [0, 0.05) is 40.1 Å². The largest absolute Gasteiger partial charge is 0.459 e. The highest BCUT2D eigenvalue weighted by Gasteiger charge is 2.12. The van der Waals surface area contributed by atoms with Gasteiger partial charge in [-0.2, -0.15) is 0 Å². The number of anilines is 1. The van der Waals surface area contributed by atoms with Gasteiger partial charge in [0.25, 0.3) is 0 Å². The van der Waals surface area contributed by atoms with E-state index in [1.165, 1.54) is 4.90 Å². The molecule has 0 fully saturated rings. The van der Waals surface area contributed by atoms with Gasteiger partial charge in [-0.3, -0.25) is 4.21 Å². The van der Waals surface area contributed by atoms with Crippen molar-refractivity contribution in [2.24, 2.45) is 0 Å². The minimum Gasteiger partial charge on any atom is -0.459 e. The first-order valence-electron chi connectivity index (χ1n) is 7.46. The van der Waals surface area contributed by atoms with Crippen LogP contribution in [0.1, 0.15) is 5.76 Å². The molecule has 3 aromatic rings. The lowest BCUT2D eigenvalue weighted by atomic mass is 10.2. The van der Waals surface area contributed by atoms with Gasteiger partial charge in [0.2, 0.25) is 0 Å². The first-order valence-corrected chi connectivity index (χ1v) is 9.02. The quantitative estimate of drug-likeness (QED) is 0.784. The summed E-state index contributed by atoms with van der Waals surface area (Å²) in [5, 5.41) is 3.82. The molecular weight excluding hydrogens is 324 g/mol. The molecule has 1 aromatic heterocycles. The van der Waals surface area contributed by atoms with Gasteiger partial charge >= 0.3 is 6.03 Å². The van der Waals surface area contributed by atoms with Gasteiger partial charge in [-0.05, 0) is 30.3 Å². The summed E-state index contributed by atoms with van der Waals surface area (Å²) in [6.07, 6.45) is 1.61. The molecule has 24 heavy (non-hydrogen) atoms. The second-order valence-electron chi connectivity index (χ2n) is 5.52. The summed E-state index contributed by atoms with van der Waals surface area (Å²) in [4.78, 5) is 14.5. The number of fused-ring (bicyclic) bond motifs is 1. The van der Waals surface area contributed by atoms with Crippen LogP contribution in [-0.2, 0) is 17.3 Å². The van der Waals surface area contributed by atoms with Crippen molar-refractivity contribution in [3.63, 3.8) is 0 Å². The summed E-state index contributed by atoms with van der Waals surface area (Å²) in [5.41, 5.74) is 1.42. The van der Waals surface area contributed by atoms with E-state index >= 15 is 0 Å². The fraction of sp³-hybridized carbons (Fsp3) is 0.167.